The molecule has 2 rings (SSSR count). The molecule has 3 nitrogen and oxygen atoms in total. The van der Waals surface area contributed by atoms with Crippen LogP contribution in [0.4, 0.5) is 0 Å². The van der Waals surface area contributed by atoms with E-state index < -0.39 is 0 Å². The highest BCUT2D eigenvalue weighted by atomic mass is 16.5. The SMILES string of the molecule is COc1ccc(C(=O)c2ccc(C#N)cc2)cc1. The Morgan fingerprint density at radius 1 is 1.00 bits per heavy atom. The molecule has 0 spiro atoms. The number of methoxy groups -OCH3 is 1. The standard InChI is InChI=1S/C15H11NO2/c1-18-14-8-6-13(7-9-14)15(17)12-4-2-11(10-16)3-5-12/h2-9H,1H3. The van der Waals surface area contributed by atoms with Crippen molar-refractivity contribution >= 4 is 5.78 Å². The maximum Gasteiger partial charge on any atom is 0.193 e. The minimum absolute atomic E-state index is 0.0675. The summed E-state index contributed by atoms with van der Waals surface area (Å²) >= 11 is 0. The number of rotatable bonds is 3. The largest absolute Gasteiger partial charge is 0.497 e. The Hall–Kier alpha value is -2.60. The van der Waals surface area contributed by atoms with Crippen LogP contribution in [-0.4, -0.2) is 12.9 Å². The molecule has 0 heterocycles. The van der Waals surface area contributed by atoms with Crippen molar-refractivity contribution in [3.8, 4) is 11.8 Å². The highest BCUT2D eigenvalue weighted by Crippen LogP contribution is 2.15. The van der Waals surface area contributed by atoms with Gasteiger partial charge >= 0.3 is 0 Å². The van der Waals surface area contributed by atoms with Gasteiger partial charge in [-0.15, -0.1) is 0 Å². The molecule has 0 saturated heterocycles. The van der Waals surface area contributed by atoms with E-state index in [2.05, 4.69) is 0 Å². The molecule has 0 amide bonds. The summed E-state index contributed by atoms with van der Waals surface area (Å²) in [6.45, 7) is 0. The molecular weight excluding hydrogens is 226 g/mol. The van der Waals surface area contributed by atoms with E-state index in [1.165, 1.54) is 0 Å². The molecule has 18 heavy (non-hydrogen) atoms. The van der Waals surface area contributed by atoms with Gasteiger partial charge in [0, 0.05) is 11.1 Å². The molecule has 0 radical (unpaired) electrons. The first-order valence-electron chi connectivity index (χ1n) is 5.43. The highest BCUT2D eigenvalue weighted by Gasteiger charge is 2.08. The molecule has 88 valence electrons. The molecule has 0 aliphatic carbocycles. The molecule has 0 bridgehead atoms. The second-order valence-corrected chi connectivity index (χ2v) is 3.75. The smallest absolute Gasteiger partial charge is 0.193 e. The summed E-state index contributed by atoms with van der Waals surface area (Å²) in [6, 6.07) is 15.5. The first-order valence-corrected chi connectivity index (χ1v) is 5.43. The zero-order valence-corrected chi connectivity index (χ0v) is 9.88. The van der Waals surface area contributed by atoms with Crippen molar-refractivity contribution in [3.05, 3.63) is 65.2 Å². The molecular formula is C15H11NO2. The molecule has 0 aliphatic heterocycles. The van der Waals surface area contributed by atoms with Crippen LogP contribution >= 0.6 is 0 Å². The van der Waals surface area contributed by atoms with Gasteiger partial charge in [-0.3, -0.25) is 4.79 Å². The molecule has 2 aromatic carbocycles. The lowest BCUT2D eigenvalue weighted by molar-refractivity contribution is 0.103. The van der Waals surface area contributed by atoms with Crippen LogP contribution in [0, 0.1) is 11.3 Å². The fraction of sp³-hybridized carbons (Fsp3) is 0.0667. The third-order valence-corrected chi connectivity index (χ3v) is 2.63. The maximum atomic E-state index is 12.1. The van der Waals surface area contributed by atoms with Crippen LogP contribution in [0.1, 0.15) is 21.5 Å². The maximum absolute atomic E-state index is 12.1. The Morgan fingerprint density at radius 3 is 1.94 bits per heavy atom. The molecule has 0 aliphatic rings. The molecule has 0 aromatic heterocycles. The first kappa shape index (κ1) is 11.9. The van der Waals surface area contributed by atoms with E-state index in [1.54, 1.807) is 55.6 Å². The summed E-state index contributed by atoms with van der Waals surface area (Å²) in [7, 11) is 1.58. The van der Waals surface area contributed by atoms with E-state index in [-0.39, 0.29) is 5.78 Å². The predicted molar refractivity (Wildman–Crippen MR) is 67.6 cm³/mol. The van der Waals surface area contributed by atoms with Crippen LogP contribution in [0.3, 0.4) is 0 Å². The summed E-state index contributed by atoms with van der Waals surface area (Å²) in [5.41, 5.74) is 1.71. The third kappa shape index (κ3) is 2.38. The molecule has 0 saturated carbocycles. The summed E-state index contributed by atoms with van der Waals surface area (Å²) in [4.78, 5) is 12.1. The van der Waals surface area contributed by atoms with Crippen LogP contribution < -0.4 is 4.74 Å². The van der Waals surface area contributed by atoms with Gasteiger partial charge in [-0.2, -0.15) is 5.26 Å². The van der Waals surface area contributed by atoms with Gasteiger partial charge in [0.2, 0.25) is 0 Å². The summed E-state index contributed by atoms with van der Waals surface area (Å²) in [5, 5.41) is 8.69. The van der Waals surface area contributed by atoms with Gasteiger partial charge in [0.25, 0.3) is 0 Å². The Kier molecular flexibility index (Phi) is 3.40. The van der Waals surface area contributed by atoms with Crippen molar-refractivity contribution in [2.24, 2.45) is 0 Å². The zero-order valence-electron chi connectivity index (χ0n) is 9.88. The van der Waals surface area contributed by atoms with E-state index in [4.69, 9.17) is 10.00 Å². The number of nitriles is 1. The number of hydrogen-bond acceptors (Lipinski definition) is 3. The molecule has 0 unspecified atom stereocenters. The van der Waals surface area contributed by atoms with Crippen LogP contribution in [0.15, 0.2) is 48.5 Å². The number of carbonyl (C=O) groups excluding carboxylic acids is 1. The van der Waals surface area contributed by atoms with Gasteiger partial charge in [0.1, 0.15) is 5.75 Å². The fourth-order valence-electron chi connectivity index (χ4n) is 1.61. The second-order valence-electron chi connectivity index (χ2n) is 3.75. The van der Waals surface area contributed by atoms with Gasteiger partial charge in [-0.25, -0.2) is 0 Å². The lowest BCUT2D eigenvalue weighted by Gasteiger charge is -2.03. The van der Waals surface area contributed by atoms with Gasteiger partial charge in [0.15, 0.2) is 5.78 Å². The van der Waals surface area contributed by atoms with Crippen molar-refractivity contribution in [3.63, 3.8) is 0 Å². The van der Waals surface area contributed by atoms with E-state index >= 15 is 0 Å². The quantitative estimate of drug-likeness (QED) is 0.771. The summed E-state index contributed by atoms with van der Waals surface area (Å²) in [6.07, 6.45) is 0. The number of ether oxygens (including phenoxy) is 1. The minimum Gasteiger partial charge on any atom is -0.497 e. The van der Waals surface area contributed by atoms with E-state index in [1.807, 2.05) is 6.07 Å². The number of nitrogens with zero attached hydrogens (tertiary/aromatic N) is 1. The van der Waals surface area contributed by atoms with Gasteiger partial charge in [-0.1, -0.05) is 0 Å². The normalized spacial score (nSPS) is 9.56. The Balaban J connectivity index is 2.26. The predicted octanol–water partition coefficient (Wildman–Crippen LogP) is 2.80. The van der Waals surface area contributed by atoms with E-state index in [0.29, 0.717) is 22.4 Å². The van der Waals surface area contributed by atoms with Crippen molar-refractivity contribution in [2.75, 3.05) is 7.11 Å². The Labute approximate surface area is 105 Å². The van der Waals surface area contributed by atoms with Gasteiger partial charge < -0.3 is 4.74 Å². The van der Waals surface area contributed by atoms with Gasteiger partial charge in [-0.05, 0) is 48.5 Å². The highest BCUT2D eigenvalue weighted by molar-refractivity contribution is 6.09. The third-order valence-electron chi connectivity index (χ3n) is 2.63. The van der Waals surface area contributed by atoms with Crippen LogP contribution in [0.2, 0.25) is 0 Å². The van der Waals surface area contributed by atoms with Crippen molar-refractivity contribution in [1.29, 1.82) is 5.26 Å². The average molecular weight is 237 g/mol. The van der Waals surface area contributed by atoms with Crippen LogP contribution in [0.25, 0.3) is 0 Å². The second kappa shape index (κ2) is 5.15. The average Bonchev–Trinajstić information content (AvgIpc) is 2.47. The minimum atomic E-state index is -0.0675. The monoisotopic (exact) mass is 237 g/mol. The van der Waals surface area contributed by atoms with Gasteiger partial charge in [0.05, 0.1) is 18.7 Å². The number of hydrogen-bond donors (Lipinski definition) is 0. The molecule has 0 fully saturated rings. The van der Waals surface area contributed by atoms with Crippen molar-refractivity contribution < 1.29 is 9.53 Å². The van der Waals surface area contributed by atoms with E-state index in [9.17, 15) is 4.79 Å². The zero-order chi connectivity index (χ0) is 13.0. The number of ketones is 1. The number of carbonyl (C=O) groups is 1. The number of benzene rings is 2. The Morgan fingerprint density at radius 2 is 1.50 bits per heavy atom. The van der Waals surface area contributed by atoms with Crippen LogP contribution in [-0.2, 0) is 0 Å². The lowest BCUT2D eigenvalue weighted by atomic mass is 10.0. The van der Waals surface area contributed by atoms with Crippen molar-refractivity contribution in [2.45, 2.75) is 0 Å². The summed E-state index contributed by atoms with van der Waals surface area (Å²) < 4.78 is 5.04. The lowest BCUT2D eigenvalue weighted by Crippen LogP contribution is -2.01. The molecule has 0 atom stereocenters. The van der Waals surface area contributed by atoms with Crippen molar-refractivity contribution in [1.82, 2.24) is 0 Å². The Bertz CT molecular complexity index is 592. The molecule has 0 N–H and O–H groups in total. The van der Waals surface area contributed by atoms with E-state index in [0.717, 1.165) is 0 Å². The fourth-order valence-corrected chi connectivity index (χ4v) is 1.61. The first-order chi connectivity index (χ1) is 8.74. The topological polar surface area (TPSA) is 50.1 Å². The molecule has 3 heteroatoms. The summed E-state index contributed by atoms with van der Waals surface area (Å²) in [5.74, 6) is 0.647. The van der Waals surface area contributed by atoms with Crippen LogP contribution in [0.5, 0.6) is 5.75 Å². The molecule has 2 aromatic rings.